The molecule has 0 spiro atoms. The molecule has 1 heterocycles. The van der Waals surface area contributed by atoms with Crippen molar-refractivity contribution in [2.45, 2.75) is 20.8 Å². The summed E-state index contributed by atoms with van der Waals surface area (Å²) in [4.78, 5) is 11.6. The molecule has 0 aromatic heterocycles. The minimum absolute atomic E-state index is 0. The molecule has 1 aliphatic heterocycles. The molecule has 84 valence electrons. The molecule has 1 saturated heterocycles. The largest absolute Gasteiger partial charge is 0.466 e. The molecule has 1 rings (SSSR count). The second-order valence-corrected chi connectivity index (χ2v) is 3.89. The van der Waals surface area contributed by atoms with Gasteiger partial charge in [0, 0.05) is 0 Å². The van der Waals surface area contributed by atoms with Crippen LogP contribution in [0.15, 0.2) is 0 Å². The van der Waals surface area contributed by atoms with Gasteiger partial charge < -0.3 is 10.1 Å². The van der Waals surface area contributed by atoms with Gasteiger partial charge in [-0.25, -0.2) is 0 Å². The minimum Gasteiger partial charge on any atom is -0.466 e. The van der Waals surface area contributed by atoms with Crippen LogP contribution in [0.1, 0.15) is 20.8 Å². The van der Waals surface area contributed by atoms with Gasteiger partial charge in [0.25, 0.3) is 0 Å². The highest BCUT2D eigenvalue weighted by Crippen LogP contribution is 2.25. The Labute approximate surface area is 92.0 Å². The smallest absolute Gasteiger partial charge is 0.309 e. The number of hydrogen-bond donors (Lipinski definition) is 1. The molecule has 0 aromatic rings. The number of esters is 1. The predicted molar refractivity (Wildman–Crippen MR) is 58.6 cm³/mol. The second kappa shape index (κ2) is 6.25. The first-order valence-electron chi connectivity index (χ1n) is 5.04. The van der Waals surface area contributed by atoms with E-state index in [1.54, 1.807) is 0 Å². The Hall–Kier alpha value is -0.280. The van der Waals surface area contributed by atoms with Gasteiger partial charge >= 0.3 is 5.97 Å². The van der Waals surface area contributed by atoms with Crippen molar-refractivity contribution in [3.05, 3.63) is 0 Å². The summed E-state index contributed by atoms with van der Waals surface area (Å²) in [7, 11) is 0. The molecule has 0 saturated carbocycles. The highest BCUT2D eigenvalue weighted by Gasteiger charge is 2.34. The second-order valence-electron chi connectivity index (χ2n) is 3.89. The molecular weight excluding hydrogens is 202 g/mol. The van der Waals surface area contributed by atoms with E-state index >= 15 is 0 Å². The number of rotatable bonds is 2. The Kier molecular flexibility index (Phi) is 6.12. The normalized spacial score (nSPS) is 31.8. The topological polar surface area (TPSA) is 38.3 Å². The van der Waals surface area contributed by atoms with Gasteiger partial charge in [0.05, 0.1) is 12.5 Å². The Morgan fingerprint density at radius 2 is 1.86 bits per heavy atom. The van der Waals surface area contributed by atoms with E-state index in [4.69, 9.17) is 4.74 Å². The van der Waals surface area contributed by atoms with Gasteiger partial charge in [0.1, 0.15) is 0 Å². The third kappa shape index (κ3) is 3.14. The van der Waals surface area contributed by atoms with Crippen molar-refractivity contribution in [1.29, 1.82) is 0 Å². The van der Waals surface area contributed by atoms with Crippen molar-refractivity contribution in [3.8, 4) is 0 Å². The molecule has 3 nitrogen and oxygen atoms in total. The van der Waals surface area contributed by atoms with Gasteiger partial charge in [-0.1, -0.05) is 13.8 Å². The lowest BCUT2D eigenvalue weighted by molar-refractivity contribution is -0.152. The predicted octanol–water partition coefficient (Wildman–Crippen LogP) is 1.46. The molecule has 0 amide bonds. The number of ether oxygens (including phenoxy) is 1. The molecule has 0 bridgehead atoms. The Morgan fingerprint density at radius 1 is 1.36 bits per heavy atom. The quantitative estimate of drug-likeness (QED) is 0.718. The molecule has 1 fully saturated rings. The fourth-order valence-electron chi connectivity index (χ4n) is 2.06. The number of carbonyl (C=O) groups excluding carboxylic acids is 1. The van der Waals surface area contributed by atoms with Crippen molar-refractivity contribution in [2.24, 2.45) is 17.8 Å². The van der Waals surface area contributed by atoms with E-state index in [9.17, 15) is 4.79 Å². The van der Waals surface area contributed by atoms with E-state index in [1.807, 2.05) is 6.92 Å². The lowest BCUT2D eigenvalue weighted by Crippen LogP contribution is -2.45. The molecule has 14 heavy (non-hydrogen) atoms. The minimum atomic E-state index is -0.0241. The molecule has 2 atom stereocenters. The van der Waals surface area contributed by atoms with E-state index in [2.05, 4.69) is 19.2 Å². The van der Waals surface area contributed by atoms with Crippen molar-refractivity contribution in [2.75, 3.05) is 19.7 Å². The van der Waals surface area contributed by atoms with Crippen LogP contribution in [0, 0.1) is 17.8 Å². The SMILES string of the molecule is CCOC(=O)C1C(C)CNCC1C.Cl. The first-order chi connectivity index (χ1) is 6.16. The highest BCUT2D eigenvalue weighted by molar-refractivity contribution is 5.85. The van der Waals surface area contributed by atoms with Crippen molar-refractivity contribution >= 4 is 18.4 Å². The average molecular weight is 222 g/mol. The van der Waals surface area contributed by atoms with Crippen LogP contribution in [0.2, 0.25) is 0 Å². The molecular formula is C10H20ClNO2. The molecule has 0 aromatic carbocycles. The fourth-order valence-corrected chi connectivity index (χ4v) is 2.06. The van der Waals surface area contributed by atoms with Crippen molar-refractivity contribution in [1.82, 2.24) is 5.32 Å². The zero-order valence-corrected chi connectivity index (χ0v) is 9.89. The Morgan fingerprint density at radius 3 is 2.29 bits per heavy atom. The third-order valence-electron chi connectivity index (χ3n) is 2.72. The lowest BCUT2D eigenvalue weighted by Gasteiger charge is -2.33. The van der Waals surface area contributed by atoms with Crippen molar-refractivity contribution < 1.29 is 9.53 Å². The summed E-state index contributed by atoms with van der Waals surface area (Å²) in [5.74, 6) is 0.843. The van der Waals surface area contributed by atoms with E-state index in [0.717, 1.165) is 13.1 Å². The van der Waals surface area contributed by atoms with Crippen LogP contribution in [-0.4, -0.2) is 25.7 Å². The van der Waals surface area contributed by atoms with Crippen LogP contribution in [0.3, 0.4) is 0 Å². The number of nitrogens with one attached hydrogen (secondary N) is 1. The van der Waals surface area contributed by atoms with E-state index in [0.29, 0.717) is 18.4 Å². The Balaban J connectivity index is 0.00000169. The average Bonchev–Trinajstić information content (AvgIpc) is 2.04. The zero-order valence-electron chi connectivity index (χ0n) is 9.08. The number of hydrogen-bond acceptors (Lipinski definition) is 3. The van der Waals surface area contributed by atoms with E-state index in [-0.39, 0.29) is 24.3 Å². The fraction of sp³-hybridized carbons (Fsp3) is 0.900. The van der Waals surface area contributed by atoms with Gasteiger partial charge in [-0.2, -0.15) is 0 Å². The number of halogens is 1. The summed E-state index contributed by atoms with van der Waals surface area (Å²) >= 11 is 0. The van der Waals surface area contributed by atoms with Gasteiger partial charge in [0.15, 0.2) is 0 Å². The van der Waals surface area contributed by atoms with Gasteiger partial charge in [0.2, 0.25) is 0 Å². The maximum atomic E-state index is 11.6. The number of piperidine rings is 1. The summed E-state index contributed by atoms with van der Waals surface area (Å²) in [6.45, 7) is 8.40. The van der Waals surface area contributed by atoms with E-state index in [1.165, 1.54) is 0 Å². The molecule has 1 N–H and O–H groups in total. The molecule has 0 radical (unpaired) electrons. The van der Waals surface area contributed by atoms with Crippen LogP contribution >= 0.6 is 12.4 Å². The first kappa shape index (κ1) is 13.7. The Bertz CT molecular complexity index is 177. The lowest BCUT2D eigenvalue weighted by atomic mass is 9.80. The van der Waals surface area contributed by atoms with Crippen LogP contribution in [0.25, 0.3) is 0 Å². The standard InChI is InChI=1S/C10H19NO2.ClH/c1-4-13-10(12)9-7(2)5-11-6-8(9)3;/h7-9,11H,4-6H2,1-3H3;1H. The monoisotopic (exact) mass is 221 g/mol. The summed E-state index contributed by atoms with van der Waals surface area (Å²) < 4.78 is 5.06. The maximum absolute atomic E-state index is 11.6. The van der Waals surface area contributed by atoms with Gasteiger partial charge in [-0.05, 0) is 31.8 Å². The van der Waals surface area contributed by atoms with Crippen molar-refractivity contribution in [3.63, 3.8) is 0 Å². The molecule has 2 unspecified atom stereocenters. The zero-order chi connectivity index (χ0) is 9.84. The first-order valence-corrected chi connectivity index (χ1v) is 5.04. The molecule has 0 aliphatic carbocycles. The third-order valence-corrected chi connectivity index (χ3v) is 2.72. The summed E-state index contributed by atoms with van der Waals surface area (Å²) in [5, 5.41) is 3.30. The summed E-state index contributed by atoms with van der Waals surface area (Å²) in [5.41, 5.74) is 0. The maximum Gasteiger partial charge on any atom is 0.309 e. The van der Waals surface area contributed by atoms with Gasteiger partial charge in [-0.15, -0.1) is 12.4 Å². The molecule has 1 aliphatic rings. The number of carbonyl (C=O) groups is 1. The summed E-state index contributed by atoms with van der Waals surface area (Å²) in [6, 6.07) is 0. The van der Waals surface area contributed by atoms with Crippen LogP contribution in [-0.2, 0) is 9.53 Å². The summed E-state index contributed by atoms with van der Waals surface area (Å²) in [6.07, 6.45) is 0. The van der Waals surface area contributed by atoms with E-state index < -0.39 is 0 Å². The van der Waals surface area contributed by atoms with Crippen LogP contribution in [0.4, 0.5) is 0 Å². The van der Waals surface area contributed by atoms with Gasteiger partial charge in [-0.3, -0.25) is 4.79 Å². The highest BCUT2D eigenvalue weighted by atomic mass is 35.5. The van der Waals surface area contributed by atoms with Crippen LogP contribution < -0.4 is 5.32 Å². The van der Waals surface area contributed by atoms with Crippen LogP contribution in [0.5, 0.6) is 0 Å². The molecule has 4 heteroatoms.